The average Bonchev–Trinajstić information content (AvgIpc) is 2.42. The SMILES string of the molecule is CCCCCCCCCCCCC(C(=O)OC)[N+](C)(C)C.[Br-]. The predicted molar refractivity (Wildman–Crippen MR) is 90.3 cm³/mol. The Labute approximate surface area is 149 Å². The summed E-state index contributed by atoms with van der Waals surface area (Å²) in [4.78, 5) is 11.8. The number of nitrogens with zero attached hydrogens (tertiary/aromatic N) is 1. The van der Waals surface area contributed by atoms with Gasteiger partial charge in [-0.25, -0.2) is 4.79 Å². The summed E-state index contributed by atoms with van der Waals surface area (Å²) in [6, 6.07) is -0.0240. The van der Waals surface area contributed by atoms with Crippen LogP contribution in [0.2, 0.25) is 0 Å². The summed E-state index contributed by atoms with van der Waals surface area (Å²) in [6.07, 6.45) is 14.2. The first kappa shape index (κ1) is 24.2. The van der Waals surface area contributed by atoms with Gasteiger partial charge >= 0.3 is 5.97 Å². The van der Waals surface area contributed by atoms with Crippen LogP contribution >= 0.6 is 0 Å². The zero-order valence-electron chi connectivity index (χ0n) is 15.5. The highest BCUT2D eigenvalue weighted by Crippen LogP contribution is 2.16. The Balaban J connectivity index is 0. The quantitative estimate of drug-likeness (QED) is 0.275. The lowest BCUT2D eigenvalue weighted by atomic mass is 10.0. The largest absolute Gasteiger partial charge is 1.00 e. The van der Waals surface area contributed by atoms with E-state index in [2.05, 4.69) is 28.1 Å². The van der Waals surface area contributed by atoms with Crippen molar-refractivity contribution < 1.29 is 31.0 Å². The fourth-order valence-electron chi connectivity index (χ4n) is 2.78. The van der Waals surface area contributed by atoms with Gasteiger partial charge in [0.1, 0.15) is 0 Å². The van der Waals surface area contributed by atoms with Crippen molar-refractivity contribution in [3.63, 3.8) is 0 Å². The maximum atomic E-state index is 11.8. The number of likely N-dealkylation sites (N-methyl/N-ethyl adjacent to an activating group) is 1. The van der Waals surface area contributed by atoms with E-state index in [1.54, 1.807) is 0 Å². The molecule has 1 unspecified atom stereocenters. The standard InChI is InChI=1S/C18H38NO2.BrH/c1-6-7-8-9-10-11-12-13-14-15-16-17(18(20)21-5)19(2,3)4;/h17H,6-16H2,1-5H3;1H/q+1;/p-1. The molecule has 0 saturated carbocycles. The molecule has 0 aliphatic rings. The third kappa shape index (κ3) is 12.5. The van der Waals surface area contributed by atoms with Crippen molar-refractivity contribution in [2.45, 2.75) is 83.6 Å². The summed E-state index contributed by atoms with van der Waals surface area (Å²) >= 11 is 0. The van der Waals surface area contributed by atoms with Crippen LogP contribution in [0.4, 0.5) is 0 Å². The number of carbonyl (C=O) groups is 1. The molecule has 1 atom stereocenters. The van der Waals surface area contributed by atoms with Gasteiger partial charge in [-0.15, -0.1) is 0 Å². The van der Waals surface area contributed by atoms with Crippen molar-refractivity contribution in [2.24, 2.45) is 0 Å². The summed E-state index contributed by atoms with van der Waals surface area (Å²) in [7, 11) is 7.69. The first-order chi connectivity index (χ1) is 9.93. The molecule has 0 aliphatic carbocycles. The smallest absolute Gasteiger partial charge is 0.364 e. The number of unbranched alkanes of at least 4 members (excludes halogenated alkanes) is 9. The van der Waals surface area contributed by atoms with E-state index in [9.17, 15) is 4.79 Å². The van der Waals surface area contributed by atoms with Crippen LogP contribution in [-0.4, -0.2) is 44.7 Å². The highest BCUT2D eigenvalue weighted by atomic mass is 79.9. The van der Waals surface area contributed by atoms with Crippen LogP contribution in [0.5, 0.6) is 0 Å². The fraction of sp³-hybridized carbons (Fsp3) is 0.944. The van der Waals surface area contributed by atoms with Gasteiger partial charge in [0.25, 0.3) is 0 Å². The molecule has 134 valence electrons. The number of rotatable bonds is 13. The van der Waals surface area contributed by atoms with E-state index in [-0.39, 0.29) is 29.0 Å². The highest BCUT2D eigenvalue weighted by Gasteiger charge is 2.31. The van der Waals surface area contributed by atoms with Crippen LogP contribution in [-0.2, 0) is 9.53 Å². The van der Waals surface area contributed by atoms with E-state index in [4.69, 9.17) is 4.74 Å². The van der Waals surface area contributed by atoms with Gasteiger partial charge in [-0.1, -0.05) is 64.7 Å². The number of hydrogen-bond acceptors (Lipinski definition) is 2. The van der Waals surface area contributed by atoms with Crippen molar-refractivity contribution in [2.75, 3.05) is 28.3 Å². The van der Waals surface area contributed by atoms with Crippen molar-refractivity contribution in [1.82, 2.24) is 0 Å². The molecule has 0 N–H and O–H groups in total. The first-order valence-electron chi connectivity index (χ1n) is 8.82. The number of methoxy groups -OCH3 is 1. The van der Waals surface area contributed by atoms with Crippen molar-refractivity contribution in [3.05, 3.63) is 0 Å². The van der Waals surface area contributed by atoms with Gasteiger partial charge in [-0.2, -0.15) is 0 Å². The third-order valence-corrected chi connectivity index (χ3v) is 4.24. The topological polar surface area (TPSA) is 26.3 Å². The molecule has 4 heteroatoms. The summed E-state index contributed by atoms with van der Waals surface area (Å²) in [5.41, 5.74) is 0. The lowest BCUT2D eigenvalue weighted by Gasteiger charge is -2.32. The normalized spacial score (nSPS) is 12.6. The third-order valence-electron chi connectivity index (χ3n) is 4.24. The lowest BCUT2D eigenvalue weighted by Crippen LogP contribution is -3.00. The van der Waals surface area contributed by atoms with Gasteiger partial charge in [0.2, 0.25) is 0 Å². The van der Waals surface area contributed by atoms with E-state index < -0.39 is 0 Å². The van der Waals surface area contributed by atoms with Crippen LogP contribution in [0, 0.1) is 0 Å². The number of carbonyl (C=O) groups excluding carboxylic acids is 1. The molecule has 0 aliphatic heterocycles. The Bertz CT molecular complexity index is 264. The zero-order valence-corrected chi connectivity index (χ0v) is 17.1. The minimum Gasteiger partial charge on any atom is -1.00 e. The van der Waals surface area contributed by atoms with E-state index >= 15 is 0 Å². The Hall–Kier alpha value is -0.0900. The van der Waals surface area contributed by atoms with E-state index in [1.165, 1.54) is 64.9 Å². The highest BCUT2D eigenvalue weighted by molar-refractivity contribution is 5.74. The lowest BCUT2D eigenvalue weighted by molar-refractivity contribution is -0.887. The molecular weight excluding hydrogens is 342 g/mol. The summed E-state index contributed by atoms with van der Waals surface area (Å²) in [6.45, 7) is 2.26. The predicted octanol–water partition coefficient (Wildman–Crippen LogP) is 1.55. The minimum absolute atomic E-state index is 0. The molecule has 0 fully saturated rings. The molecule has 0 heterocycles. The fourth-order valence-corrected chi connectivity index (χ4v) is 2.78. The Morgan fingerprint density at radius 2 is 1.27 bits per heavy atom. The maximum Gasteiger partial charge on any atom is 0.364 e. The first-order valence-corrected chi connectivity index (χ1v) is 8.82. The summed E-state index contributed by atoms with van der Waals surface area (Å²) < 4.78 is 5.58. The molecule has 0 aromatic heterocycles. The molecule has 0 spiro atoms. The van der Waals surface area contributed by atoms with Crippen LogP contribution in [0.3, 0.4) is 0 Å². The molecule has 0 radical (unpaired) electrons. The van der Waals surface area contributed by atoms with Gasteiger partial charge in [0, 0.05) is 6.42 Å². The molecular formula is C18H38BrNO2. The second kappa shape index (κ2) is 14.5. The number of hydrogen-bond donors (Lipinski definition) is 0. The van der Waals surface area contributed by atoms with Gasteiger partial charge in [0.15, 0.2) is 6.04 Å². The van der Waals surface area contributed by atoms with Crippen LogP contribution in [0.15, 0.2) is 0 Å². The monoisotopic (exact) mass is 379 g/mol. The van der Waals surface area contributed by atoms with E-state index in [0.717, 1.165) is 12.8 Å². The van der Waals surface area contributed by atoms with Gasteiger partial charge in [0.05, 0.1) is 28.3 Å². The average molecular weight is 380 g/mol. The Kier molecular flexibility index (Phi) is 15.9. The van der Waals surface area contributed by atoms with Crippen LogP contribution in [0.1, 0.15) is 77.6 Å². The molecule has 0 rings (SSSR count). The molecule has 22 heavy (non-hydrogen) atoms. The molecule has 0 amide bonds. The summed E-state index contributed by atoms with van der Waals surface area (Å²) in [5, 5.41) is 0. The Morgan fingerprint density at radius 1 is 0.864 bits per heavy atom. The molecule has 0 aromatic carbocycles. The van der Waals surface area contributed by atoms with Crippen LogP contribution in [0.25, 0.3) is 0 Å². The molecule has 3 nitrogen and oxygen atoms in total. The molecule has 0 aromatic rings. The molecule has 0 bridgehead atoms. The number of ether oxygens (including phenoxy) is 1. The zero-order chi connectivity index (χ0) is 16.1. The van der Waals surface area contributed by atoms with Crippen molar-refractivity contribution >= 4 is 5.97 Å². The van der Waals surface area contributed by atoms with Gasteiger partial charge < -0.3 is 26.2 Å². The number of esters is 1. The van der Waals surface area contributed by atoms with Gasteiger partial charge in [-0.05, 0) is 6.42 Å². The van der Waals surface area contributed by atoms with E-state index in [1.807, 2.05) is 0 Å². The molecule has 0 saturated heterocycles. The van der Waals surface area contributed by atoms with Gasteiger partial charge in [-0.3, -0.25) is 0 Å². The number of quaternary nitrogens is 1. The summed E-state index contributed by atoms with van der Waals surface area (Å²) in [5.74, 6) is -0.0709. The number of halogens is 1. The van der Waals surface area contributed by atoms with Crippen molar-refractivity contribution in [3.8, 4) is 0 Å². The maximum absolute atomic E-state index is 11.8. The Morgan fingerprint density at radius 3 is 1.64 bits per heavy atom. The van der Waals surface area contributed by atoms with Crippen LogP contribution < -0.4 is 17.0 Å². The second-order valence-corrected chi connectivity index (χ2v) is 7.13. The van der Waals surface area contributed by atoms with Crippen molar-refractivity contribution in [1.29, 1.82) is 0 Å². The van der Waals surface area contributed by atoms with E-state index in [0.29, 0.717) is 4.48 Å². The minimum atomic E-state index is -0.0709. The second-order valence-electron chi connectivity index (χ2n) is 7.13.